The van der Waals surface area contributed by atoms with Crippen molar-refractivity contribution in [2.75, 3.05) is 26.7 Å². The highest BCUT2D eigenvalue weighted by molar-refractivity contribution is 5.57. The second kappa shape index (κ2) is 7.47. The van der Waals surface area contributed by atoms with E-state index >= 15 is 0 Å². The lowest BCUT2D eigenvalue weighted by atomic mass is 9.93. The molecule has 1 aromatic carbocycles. The Morgan fingerprint density at radius 1 is 1.22 bits per heavy atom. The molecule has 0 amide bonds. The second-order valence-electron chi connectivity index (χ2n) is 6.10. The first-order valence-corrected chi connectivity index (χ1v) is 8.27. The number of likely N-dealkylation sites (tertiary alicyclic amines) is 1. The van der Waals surface area contributed by atoms with Gasteiger partial charge in [0.2, 0.25) is 0 Å². The van der Waals surface area contributed by atoms with E-state index in [-0.39, 0.29) is 0 Å². The average molecular weight is 311 g/mol. The molecule has 1 saturated heterocycles. The number of hydrogen-bond donors (Lipinski definition) is 0. The van der Waals surface area contributed by atoms with Crippen molar-refractivity contribution in [2.45, 2.75) is 18.8 Å². The van der Waals surface area contributed by atoms with Gasteiger partial charge in [-0.15, -0.1) is 0 Å². The Kier molecular flexibility index (Phi) is 5.13. The van der Waals surface area contributed by atoms with Gasteiger partial charge < -0.3 is 4.74 Å². The number of hydrogen-bond acceptors (Lipinski definition) is 3. The highest BCUT2D eigenvalue weighted by atomic mass is 16.5. The van der Waals surface area contributed by atoms with Gasteiger partial charge in [0.25, 0.3) is 0 Å². The summed E-state index contributed by atoms with van der Waals surface area (Å²) in [6.07, 6.45) is 8.72. The van der Waals surface area contributed by atoms with Crippen LogP contribution in [0.2, 0.25) is 0 Å². The molecule has 2 heterocycles. The monoisotopic (exact) mass is 311 g/mol. The second-order valence-corrected chi connectivity index (χ2v) is 6.10. The Hall–Kier alpha value is -2.07. The van der Waals surface area contributed by atoms with Crippen LogP contribution in [0.4, 0.5) is 0 Å². The zero-order valence-electron chi connectivity index (χ0n) is 14.0. The fourth-order valence-corrected chi connectivity index (χ4v) is 3.33. The molecule has 0 N–H and O–H groups in total. The number of benzene rings is 1. The van der Waals surface area contributed by atoms with Crippen LogP contribution in [0.3, 0.4) is 0 Å². The molecule has 0 radical (unpaired) electrons. The van der Waals surface area contributed by atoms with Crippen LogP contribution >= 0.6 is 0 Å². The van der Waals surface area contributed by atoms with Crippen molar-refractivity contribution < 1.29 is 4.74 Å². The highest BCUT2D eigenvalue weighted by Gasteiger charge is 2.21. The van der Waals surface area contributed by atoms with Gasteiger partial charge in [0.1, 0.15) is 5.75 Å². The zero-order valence-corrected chi connectivity index (χ0v) is 14.0. The predicted molar refractivity (Wildman–Crippen MR) is 93.7 cm³/mol. The molecule has 122 valence electrons. The Morgan fingerprint density at radius 2 is 2.00 bits per heavy atom. The van der Waals surface area contributed by atoms with E-state index in [4.69, 9.17) is 4.74 Å². The van der Waals surface area contributed by atoms with Gasteiger partial charge in [-0.2, -0.15) is 5.10 Å². The first kappa shape index (κ1) is 15.8. The van der Waals surface area contributed by atoms with E-state index in [1.54, 1.807) is 7.11 Å². The van der Waals surface area contributed by atoms with Crippen LogP contribution in [0.15, 0.2) is 42.6 Å². The third-order valence-corrected chi connectivity index (χ3v) is 4.66. The lowest BCUT2D eigenvalue weighted by Crippen LogP contribution is -2.33. The highest BCUT2D eigenvalue weighted by Crippen LogP contribution is 2.27. The summed E-state index contributed by atoms with van der Waals surface area (Å²) in [6, 6.07) is 10.3. The van der Waals surface area contributed by atoms with Gasteiger partial charge in [0, 0.05) is 37.0 Å². The van der Waals surface area contributed by atoms with Crippen LogP contribution in [-0.4, -0.2) is 41.4 Å². The molecular weight excluding hydrogens is 286 g/mol. The van der Waals surface area contributed by atoms with Crippen molar-refractivity contribution >= 4 is 6.08 Å². The Balaban J connectivity index is 1.51. The zero-order chi connectivity index (χ0) is 16.1. The van der Waals surface area contributed by atoms with Crippen molar-refractivity contribution in [2.24, 2.45) is 7.05 Å². The van der Waals surface area contributed by atoms with Gasteiger partial charge in [-0.05, 0) is 38.1 Å². The van der Waals surface area contributed by atoms with Crippen LogP contribution in [0.25, 0.3) is 6.08 Å². The van der Waals surface area contributed by atoms with Gasteiger partial charge in [0.05, 0.1) is 7.11 Å². The molecule has 1 fully saturated rings. The maximum atomic E-state index is 5.38. The minimum absolute atomic E-state index is 0.650. The first-order valence-electron chi connectivity index (χ1n) is 8.27. The van der Waals surface area contributed by atoms with E-state index in [2.05, 4.69) is 34.3 Å². The molecule has 1 aliphatic heterocycles. The average Bonchev–Trinajstić information content (AvgIpc) is 3.02. The number of nitrogens with zero attached hydrogens (tertiary/aromatic N) is 3. The standard InChI is InChI=1S/C19H25N3O/c1-21-18(9-12-20-21)16-10-14-22(15-11-16)13-5-7-17-6-3-4-8-19(17)23-2/h3-9,12,16H,10-11,13-15H2,1-2H3. The molecule has 1 aromatic heterocycles. The summed E-state index contributed by atoms with van der Waals surface area (Å²) in [5, 5.41) is 4.29. The van der Waals surface area contributed by atoms with Crippen LogP contribution < -0.4 is 4.74 Å². The maximum absolute atomic E-state index is 5.38. The summed E-state index contributed by atoms with van der Waals surface area (Å²) < 4.78 is 7.40. The smallest absolute Gasteiger partial charge is 0.126 e. The molecular formula is C19H25N3O. The van der Waals surface area contributed by atoms with Crippen LogP contribution in [0.1, 0.15) is 30.0 Å². The minimum Gasteiger partial charge on any atom is -0.496 e. The van der Waals surface area contributed by atoms with Crippen molar-refractivity contribution in [1.82, 2.24) is 14.7 Å². The number of ether oxygens (including phenoxy) is 1. The van der Waals surface area contributed by atoms with Gasteiger partial charge in [0.15, 0.2) is 0 Å². The molecule has 0 unspecified atom stereocenters. The molecule has 1 aliphatic rings. The summed E-state index contributed by atoms with van der Waals surface area (Å²) in [4.78, 5) is 2.51. The molecule has 0 spiro atoms. The first-order chi connectivity index (χ1) is 11.3. The van der Waals surface area contributed by atoms with Crippen molar-refractivity contribution in [1.29, 1.82) is 0 Å². The SMILES string of the molecule is COc1ccccc1C=CCN1CCC(c2ccnn2C)CC1. The number of para-hydroxylation sites is 1. The topological polar surface area (TPSA) is 30.3 Å². The molecule has 0 aliphatic carbocycles. The van der Waals surface area contributed by atoms with E-state index in [0.29, 0.717) is 5.92 Å². The molecule has 0 bridgehead atoms. The van der Waals surface area contributed by atoms with E-state index in [9.17, 15) is 0 Å². The van der Waals surface area contributed by atoms with Crippen molar-refractivity contribution in [3.8, 4) is 5.75 Å². The predicted octanol–water partition coefficient (Wildman–Crippen LogP) is 3.32. The quantitative estimate of drug-likeness (QED) is 0.848. The number of rotatable bonds is 5. The van der Waals surface area contributed by atoms with Crippen LogP contribution in [-0.2, 0) is 7.05 Å². The lowest BCUT2D eigenvalue weighted by Gasteiger charge is -2.31. The lowest BCUT2D eigenvalue weighted by molar-refractivity contribution is 0.229. The van der Waals surface area contributed by atoms with Gasteiger partial charge in [-0.25, -0.2) is 0 Å². The molecule has 0 atom stereocenters. The Bertz CT molecular complexity index is 654. The van der Waals surface area contributed by atoms with Crippen molar-refractivity contribution in [3.05, 3.63) is 53.9 Å². The normalized spacial score (nSPS) is 17.0. The van der Waals surface area contributed by atoms with Gasteiger partial charge in [-0.3, -0.25) is 9.58 Å². The Labute approximate surface area is 138 Å². The van der Waals surface area contributed by atoms with E-state index < -0.39 is 0 Å². The van der Waals surface area contributed by atoms with Crippen molar-refractivity contribution in [3.63, 3.8) is 0 Å². The maximum Gasteiger partial charge on any atom is 0.126 e. The largest absolute Gasteiger partial charge is 0.496 e. The molecule has 3 rings (SSSR count). The molecule has 4 nitrogen and oxygen atoms in total. The molecule has 0 saturated carbocycles. The summed E-state index contributed by atoms with van der Waals surface area (Å²) in [5.74, 6) is 1.58. The fourth-order valence-electron chi connectivity index (χ4n) is 3.33. The number of piperidine rings is 1. The summed E-state index contributed by atoms with van der Waals surface area (Å²) >= 11 is 0. The van der Waals surface area contributed by atoms with E-state index in [1.807, 2.05) is 36.1 Å². The van der Waals surface area contributed by atoms with E-state index in [1.165, 1.54) is 18.5 Å². The van der Waals surface area contributed by atoms with Crippen LogP contribution in [0.5, 0.6) is 5.75 Å². The summed E-state index contributed by atoms with van der Waals surface area (Å²) in [5.41, 5.74) is 2.51. The molecule has 23 heavy (non-hydrogen) atoms. The summed E-state index contributed by atoms with van der Waals surface area (Å²) in [7, 11) is 3.76. The van der Waals surface area contributed by atoms with Gasteiger partial charge in [-0.1, -0.05) is 30.4 Å². The molecule has 2 aromatic rings. The third kappa shape index (κ3) is 3.82. The minimum atomic E-state index is 0.650. The Morgan fingerprint density at radius 3 is 2.70 bits per heavy atom. The molecule has 4 heteroatoms. The van der Waals surface area contributed by atoms with Gasteiger partial charge >= 0.3 is 0 Å². The van der Waals surface area contributed by atoms with Crippen LogP contribution in [0, 0.1) is 0 Å². The number of methoxy groups -OCH3 is 1. The fraction of sp³-hybridized carbons (Fsp3) is 0.421. The third-order valence-electron chi connectivity index (χ3n) is 4.66. The number of aromatic nitrogens is 2. The summed E-state index contributed by atoms with van der Waals surface area (Å²) in [6.45, 7) is 3.29. The van der Waals surface area contributed by atoms with E-state index in [0.717, 1.165) is 30.9 Å². The number of aryl methyl sites for hydroxylation is 1.